The Kier molecular flexibility index (Phi) is 5.11. The monoisotopic (exact) mass is 340 g/mol. The molecule has 0 aliphatic rings. The highest BCUT2D eigenvalue weighted by Crippen LogP contribution is 2.18. The number of ether oxygens (including phenoxy) is 1. The van der Waals surface area contributed by atoms with Crippen molar-refractivity contribution in [1.29, 1.82) is 0 Å². The number of aliphatic hydroxyl groups excluding tert-OH is 2. The molecule has 0 unspecified atom stereocenters. The van der Waals surface area contributed by atoms with Crippen molar-refractivity contribution in [3.63, 3.8) is 0 Å². The number of nitrogens with zero attached hydrogens (tertiary/aromatic N) is 2. The van der Waals surface area contributed by atoms with Crippen molar-refractivity contribution in [2.24, 2.45) is 0 Å². The Bertz CT molecular complexity index is 888. The summed E-state index contributed by atoms with van der Waals surface area (Å²) < 4.78 is 7.38. The molecule has 1 aromatic heterocycles. The summed E-state index contributed by atoms with van der Waals surface area (Å²) in [5.41, 5.74) is 2.19. The van der Waals surface area contributed by atoms with E-state index in [1.54, 1.807) is 28.8 Å². The van der Waals surface area contributed by atoms with E-state index in [1.165, 1.54) is 6.92 Å². The minimum atomic E-state index is -0.788. The van der Waals surface area contributed by atoms with Gasteiger partial charge >= 0.3 is 0 Å². The first-order valence-corrected chi connectivity index (χ1v) is 8.05. The average Bonchev–Trinajstić information content (AvgIpc) is 2.98. The molecule has 1 atom stereocenters. The molecule has 6 heteroatoms. The third-order valence-corrected chi connectivity index (χ3v) is 3.95. The van der Waals surface area contributed by atoms with Crippen LogP contribution in [-0.2, 0) is 13.2 Å². The predicted octanol–water partition coefficient (Wildman–Crippen LogP) is 2.17. The fourth-order valence-corrected chi connectivity index (χ4v) is 2.71. The molecule has 0 bridgehead atoms. The van der Waals surface area contributed by atoms with E-state index < -0.39 is 6.10 Å². The summed E-state index contributed by atoms with van der Waals surface area (Å²) in [4.78, 5) is 15.8. The van der Waals surface area contributed by atoms with E-state index in [9.17, 15) is 15.0 Å². The van der Waals surface area contributed by atoms with Crippen LogP contribution in [0.4, 0.5) is 0 Å². The molecule has 0 fully saturated rings. The van der Waals surface area contributed by atoms with Gasteiger partial charge in [0.1, 0.15) is 30.9 Å². The van der Waals surface area contributed by atoms with E-state index in [1.807, 2.05) is 24.3 Å². The highest BCUT2D eigenvalue weighted by Gasteiger charge is 2.14. The number of fused-ring (bicyclic) bond motifs is 1. The summed E-state index contributed by atoms with van der Waals surface area (Å²) in [5.74, 6) is 0.993. The van der Waals surface area contributed by atoms with Crippen molar-refractivity contribution in [2.75, 3.05) is 6.61 Å². The molecule has 2 aromatic carbocycles. The summed E-state index contributed by atoms with van der Waals surface area (Å²) in [7, 11) is 0. The van der Waals surface area contributed by atoms with Gasteiger partial charge in [0.2, 0.25) is 0 Å². The number of benzene rings is 2. The van der Waals surface area contributed by atoms with E-state index >= 15 is 0 Å². The minimum absolute atomic E-state index is 0.0385. The van der Waals surface area contributed by atoms with Crippen LogP contribution in [0.25, 0.3) is 11.0 Å². The van der Waals surface area contributed by atoms with E-state index in [-0.39, 0.29) is 25.5 Å². The second kappa shape index (κ2) is 7.46. The summed E-state index contributed by atoms with van der Waals surface area (Å²) in [6, 6.07) is 14.4. The highest BCUT2D eigenvalue weighted by atomic mass is 16.5. The van der Waals surface area contributed by atoms with Crippen LogP contribution < -0.4 is 4.74 Å². The van der Waals surface area contributed by atoms with E-state index in [0.717, 1.165) is 11.0 Å². The second-order valence-corrected chi connectivity index (χ2v) is 5.83. The molecule has 0 amide bonds. The van der Waals surface area contributed by atoms with Crippen LogP contribution in [0.15, 0.2) is 48.5 Å². The Labute approximate surface area is 145 Å². The Hall–Kier alpha value is -2.70. The molecule has 0 saturated carbocycles. The zero-order valence-corrected chi connectivity index (χ0v) is 13.9. The maximum atomic E-state index is 11.4. The number of hydrogen-bond donors (Lipinski definition) is 2. The van der Waals surface area contributed by atoms with Crippen LogP contribution in [0.5, 0.6) is 5.75 Å². The van der Waals surface area contributed by atoms with Crippen LogP contribution in [0.3, 0.4) is 0 Å². The number of Topliss-reactive ketones (excluding diaryl/α,β-unsaturated/α-hetero) is 1. The quantitative estimate of drug-likeness (QED) is 0.644. The highest BCUT2D eigenvalue weighted by molar-refractivity contribution is 5.94. The zero-order valence-electron chi connectivity index (χ0n) is 13.9. The topological polar surface area (TPSA) is 84.6 Å². The average molecular weight is 340 g/mol. The summed E-state index contributed by atoms with van der Waals surface area (Å²) in [5, 5.41) is 19.8. The largest absolute Gasteiger partial charge is 0.491 e. The van der Waals surface area contributed by atoms with Crippen molar-refractivity contribution in [2.45, 2.75) is 26.2 Å². The van der Waals surface area contributed by atoms with Gasteiger partial charge < -0.3 is 19.5 Å². The number of ketones is 1. The summed E-state index contributed by atoms with van der Waals surface area (Å²) >= 11 is 0. The van der Waals surface area contributed by atoms with Crippen LogP contribution in [0, 0.1) is 0 Å². The van der Waals surface area contributed by atoms with Crippen molar-refractivity contribution in [3.05, 3.63) is 59.9 Å². The normalized spacial score (nSPS) is 12.3. The van der Waals surface area contributed by atoms with Crippen molar-refractivity contribution < 1.29 is 19.7 Å². The van der Waals surface area contributed by atoms with Gasteiger partial charge in [-0.05, 0) is 31.2 Å². The molecule has 1 heterocycles. The number of aliphatic hydroxyl groups is 2. The van der Waals surface area contributed by atoms with Gasteiger partial charge in [0.25, 0.3) is 0 Å². The maximum Gasteiger partial charge on any atom is 0.159 e. The van der Waals surface area contributed by atoms with E-state index in [4.69, 9.17) is 4.74 Å². The predicted molar refractivity (Wildman–Crippen MR) is 93.6 cm³/mol. The third-order valence-electron chi connectivity index (χ3n) is 3.95. The first-order valence-electron chi connectivity index (χ1n) is 8.05. The van der Waals surface area contributed by atoms with Gasteiger partial charge in [0.05, 0.1) is 17.6 Å². The second-order valence-electron chi connectivity index (χ2n) is 5.83. The van der Waals surface area contributed by atoms with E-state index in [0.29, 0.717) is 17.1 Å². The molecular formula is C19H20N2O4. The van der Waals surface area contributed by atoms with Crippen LogP contribution in [0.2, 0.25) is 0 Å². The van der Waals surface area contributed by atoms with Gasteiger partial charge in [-0.2, -0.15) is 0 Å². The number of imidazole rings is 1. The molecule has 130 valence electrons. The lowest BCUT2D eigenvalue weighted by Crippen LogP contribution is -2.24. The zero-order chi connectivity index (χ0) is 17.8. The van der Waals surface area contributed by atoms with Gasteiger partial charge in [-0.1, -0.05) is 24.3 Å². The SMILES string of the molecule is CC(=O)c1cccc(OC[C@H](O)Cn2c(CO)nc3ccccc32)c1. The smallest absolute Gasteiger partial charge is 0.159 e. The van der Waals surface area contributed by atoms with Gasteiger partial charge in [-0.15, -0.1) is 0 Å². The molecule has 0 aliphatic heterocycles. The first kappa shape index (κ1) is 17.1. The molecule has 3 rings (SSSR count). The Morgan fingerprint density at radius 2 is 2.04 bits per heavy atom. The van der Waals surface area contributed by atoms with Gasteiger partial charge in [0.15, 0.2) is 5.78 Å². The lowest BCUT2D eigenvalue weighted by atomic mass is 10.1. The van der Waals surface area contributed by atoms with E-state index in [2.05, 4.69) is 4.98 Å². The Morgan fingerprint density at radius 3 is 2.80 bits per heavy atom. The van der Waals surface area contributed by atoms with Gasteiger partial charge in [0, 0.05) is 5.56 Å². The minimum Gasteiger partial charge on any atom is -0.491 e. The molecular weight excluding hydrogens is 320 g/mol. The molecule has 6 nitrogen and oxygen atoms in total. The number of rotatable bonds is 7. The fraction of sp³-hybridized carbons (Fsp3) is 0.263. The molecule has 25 heavy (non-hydrogen) atoms. The standard InChI is InChI=1S/C19H20N2O4/c1-13(23)14-5-4-6-16(9-14)25-12-15(24)10-21-18-8-3-2-7-17(18)20-19(21)11-22/h2-9,15,22,24H,10-12H2,1H3/t15-/m1/s1. The summed E-state index contributed by atoms with van der Waals surface area (Å²) in [6.45, 7) is 1.61. The lowest BCUT2D eigenvalue weighted by Gasteiger charge is -2.15. The Balaban J connectivity index is 1.70. The molecule has 0 spiro atoms. The van der Waals surface area contributed by atoms with Gasteiger partial charge in [-0.25, -0.2) is 4.98 Å². The molecule has 0 radical (unpaired) electrons. The van der Waals surface area contributed by atoms with Crippen molar-refractivity contribution in [1.82, 2.24) is 9.55 Å². The number of aromatic nitrogens is 2. The van der Waals surface area contributed by atoms with Gasteiger partial charge in [-0.3, -0.25) is 4.79 Å². The first-order chi connectivity index (χ1) is 12.1. The van der Waals surface area contributed by atoms with Crippen LogP contribution in [0.1, 0.15) is 23.1 Å². The maximum absolute atomic E-state index is 11.4. The number of carbonyl (C=O) groups is 1. The van der Waals surface area contributed by atoms with Crippen LogP contribution in [-0.4, -0.2) is 38.3 Å². The lowest BCUT2D eigenvalue weighted by molar-refractivity contribution is 0.0913. The van der Waals surface area contributed by atoms with Crippen molar-refractivity contribution in [3.8, 4) is 5.75 Å². The number of carbonyl (C=O) groups excluding carboxylic acids is 1. The number of hydrogen-bond acceptors (Lipinski definition) is 5. The number of para-hydroxylation sites is 2. The summed E-state index contributed by atoms with van der Waals surface area (Å²) in [6.07, 6.45) is -0.788. The molecule has 3 aromatic rings. The molecule has 0 aliphatic carbocycles. The van der Waals surface area contributed by atoms with Crippen molar-refractivity contribution >= 4 is 16.8 Å². The van der Waals surface area contributed by atoms with Crippen LogP contribution >= 0.6 is 0 Å². The third kappa shape index (κ3) is 3.87. The fourth-order valence-electron chi connectivity index (χ4n) is 2.71. The molecule has 2 N–H and O–H groups in total. The molecule has 0 saturated heterocycles. The Morgan fingerprint density at radius 1 is 1.24 bits per heavy atom.